The Bertz CT molecular complexity index is 568. The van der Waals surface area contributed by atoms with Crippen LogP contribution in [0.1, 0.15) is 36.2 Å². The molecule has 0 spiro atoms. The molecule has 0 amide bonds. The molecule has 1 aromatic carbocycles. The number of halogens is 2. The third-order valence-electron chi connectivity index (χ3n) is 3.45. The molecule has 108 valence electrons. The fourth-order valence-electron chi connectivity index (χ4n) is 2.12. The van der Waals surface area contributed by atoms with E-state index in [2.05, 4.69) is 15.5 Å². The van der Waals surface area contributed by atoms with Gasteiger partial charge in [-0.05, 0) is 56.5 Å². The Kier molecular flexibility index (Phi) is 5.15. The first-order valence-corrected chi connectivity index (χ1v) is 7.13. The van der Waals surface area contributed by atoms with Gasteiger partial charge in [-0.3, -0.25) is 5.10 Å². The van der Waals surface area contributed by atoms with E-state index in [4.69, 9.17) is 11.6 Å². The van der Waals surface area contributed by atoms with E-state index in [-0.39, 0.29) is 16.9 Å². The number of hydrogen-bond donors (Lipinski definition) is 2. The van der Waals surface area contributed by atoms with Gasteiger partial charge >= 0.3 is 0 Å². The Labute approximate surface area is 123 Å². The molecule has 3 nitrogen and oxygen atoms in total. The van der Waals surface area contributed by atoms with Crippen LogP contribution in [0.3, 0.4) is 0 Å². The van der Waals surface area contributed by atoms with Crippen molar-refractivity contribution < 1.29 is 4.39 Å². The molecule has 1 unspecified atom stereocenters. The SMILES string of the molecule is Cc1[nH]ncc1CCCNC(C)c1ccc(Cl)c(F)c1. The third kappa shape index (κ3) is 3.81. The lowest BCUT2D eigenvalue weighted by Gasteiger charge is -2.14. The van der Waals surface area contributed by atoms with E-state index in [9.17, 15) is 4.39 Å². The smallest absolute Gasteiger partial charge is 0.142 e. The summed E-state index contributed by atoms with van der Waals surface area (Å²) >= 11 is 5.68. The number of hydrogen-bond acceptors (Lipinski definition) is 2. The molecular weight excluding hydrogens is 277 g/mol. The second kappa shape index (κ2) is 6.86. The molecule has 0 aliphatic carbocycles. The molecule has 5 heteroatoms. The maximum absolute atomic E-state index is 13.4. The average Bonchev–Trinajstić information content (AvgIpc) is 2.83. The second-order valence-electron chi connectivity index (χ2n) is 4.97. The fourth-order valence-corrected chi connectivity index (χ4v) is 2.24. The van der Waals surface area contributed by atoms with Gasteiger partial charge in [-0.25, -0.2) is 4.39 Å². The molecule has 1 heterocycles. The summed E-state index contributed by atoms with van der Waals surface area (Å²) < 4.78 is 13.4. The van der Waals surface area contributed by atoms with Crippen LogP contribution in [-0.2, 0) is 6.42 Å². The highest BCUT2D eigenvalue weighted by atomic mass is 35.5. The zero-order valence-corrected chi connectivity index (χ0v) is 12.5. The lowest BCUT2D eigenvalue weighted by Crippen LogP contribution is -2.20. The van der Waals surface area contributed by atoms with E-state index in [1.165, 1.54) is 11.6 Å². The number of benzene rings is 1. The number of nitrogens with zero attached hydrogens (tertiary/aromatic N) is 1. The largest absolute Gasteiger partial charge is 0.310 e. The molecule has 20 heavy (non-hydrogen) atoms. The predicted molar refractivity (Wildman–Crippen MR) is 79.5 cm³/mol. The monoisotopic (exact) mass is 295 g/mol. The molecule has 0 aliphatic rings. The molecule has 2 N–H and O–H groups in total. The van der Waals surface area contributed by atoms with Crippen molar-refractivity contribution in [2.75, 3.05) is 6.54 Å². The van der Waals surface area contributed by atoms with Crippen LogP contribution < -0.4 is 5.32 Å². The lowest BCUT2D eigenvalue weighted by atomic mass is 10.1. The van der Waals surface area contributed by atoms with Crippen molar-refractivity contribution in [2.45, 2.75) is 32.7 Å². The van der Waals surface area contributed by atoms with Crippen LogP contribution in [-0.4, -0.2) is 16.7 Å². The normalized spacial score (nSPS) is 12.6. The van der Waals surface area contributed by atoms with Crippen LogP contribution in [0.2, 0.25) is 5.02 Å². The summed E-state index contributed by atoms with van der Waals surface area (Å²) in [5.41, 5.74) is 3.28. The standard InChI is InChI=1S/C15H19ClFN3/c1-10(12-5-6-14(16)15(17)8-12)18-7-3-4-13-9-19-20-11(13)2/h5-6,8-10,18H,3-4,7H2,1-2H3,(H,19,20). The highest BCUT2D eigenvalue weighted by Gasteiger charge is 2.08. The van der Waals surface area contributed by atoms with Crippen molar-refractivity contribution in [3.8, 4) is 0 Å². The van der Waals surface area contributed by atoms with Crippen LogP contribution in [0, 0.1) is 12.7 Å². The van der Waals surface area contributed by atoms with Gasteiger partial charge in [-0.15, -0.1) is 0 Å². The number of nitrogens with one attached hydrogen (secondary N) is 2. The number of aromatic nitrogens is 2. The summed E-state index contributed by atoms with van der Waals surface area (Å²) in [5, 5.41) is 10.5. The van der Waals surface area contributed by atoms with Gasteiger partial charge < -0.3 is 5.32 Å². The molecule has 0 aliphatic heterocycles. The van der Waals surface area contributed by atoms with Crippen molar-refractivity contribution in [2.24, 2.45) is 0 Å². The van der Waals surface area contributed by atoms with Gasteiger partial charge in [0.05, 0.1) is 11.2 Å². The van der Waals surface area contributed by atoms with E-state index >= 15 is 0 Å². The number of H-pyrrole nitrogens is 1. The first-order valence-electron chi connectivity index (χ1n) is 6.75. The molecule has 2 rings (SSSR count). The molecular formula is C15H19ClFN3. The van der Waals surface area contributed by atoms with Gasteiger partial charge in [0, 0.05) is 11.7 Å². The summed E-state index contributed by atoms with van der Waals surface area (Å²) in [5.74, 6) is -0.369. The average molecular weight is 296 g/mol. The van der Waals surface area contributed by atoms with Crippen LogP contribution in [0.5, 0.6) is 0 Å². The van der Waals surface area contributed by atoms with Crippen LogP contribution in [0.4, 0.5) is 4.39 Å². The number of aromatic amines is 1. The zero-order chi connectivity index (χ0) is 14.5. The van der Waals surface area contributed by atoms with Crippen molar-refractivity contribution in [1.29, 1.82) is 0 Å². The van der Waals surface area contributed by atoms with Crippen LogP contribution >= 0.6 is 11.6 Å². The van der Waals surface area contributed by atoms with Gasteiger partial charge in [-0.1, -0.05) is 17.7 Å². The van der Waals surface area contributed by atoms with E-state index in [0.29, 0.717) is 0 Å². The number of aryl methyl sites for hydroxylation is 2. The maximum Gasteiger partial charge on any atom is 0.142 e. The molecule has 0 saturated carbocycles. The van der Waals surface area contributed by atoms with E-state index in [1.807, 2.05) is 26.1 Å². The summed E-state index contributed by atoms with van der Waals surface area (Å²) in [7, 11) is 0. The number of rotatable bonds is 6. The first-order chi connectivity index (χ1) is 9.58. The second-order valence-corrected chi connectivity index (χ2v) is 5.38. The van der Waals surface area contributed by atoms with Crippen molar-refractivity contribution in [1.82, 2.24) is 15.5 Å². The van der Waals surface area contributed by atoms with Crippen LogP contribution in [0.15, 0.2) is 24.4 Å². The Hall–Kier alpha value is -1.39. The van der Waals surface area contributed by atoms with E-state index < -0.39 is 0 Å². The minimum absolute atomic E-state index is 0.104. The van der Waals surface area contributed by atoms with E-state index in [0.717, 1.165) is 30.6 Å². The van der Waals surface area contributed by atoms with Crippen molar-refractivity contribution in [3.05, 3.63) is 52.1 Å². The fraction of sp³-hybridized carbons (Fsp3) is 0.400. The predicted octanol–water partition coefficient (Wildman–Crippen LogP) is 3.79. The zero-order valence-electron chi connectivity index (χ0n) is 11.7. The molecule has 0 saturated heterocycles. The Morgan fingerprint density at radius 1 is 1.45 bits per heavy atom. The topological polar surface area (TPSA) is 40.7 Å². The highest BCUT2D eigenvalue weighted by Crippen LogP contribution is 2.20. The van der Waals surface area contributed by atoms with Crippen LogP contribution in [0.25, 0.3) is 0 Å². The maximum atomic E-state index is 13.4. The van der Waals surface area contributed by atoms with Gasteiger partial charge in [0.1, 0.15) is 5.82 Å². The van der Waals surface area contributed by atoms with Gasteiger partial charge in [-0.2, -0.15) is 5.10 Å². The van der Waals surface area contributed by atoms with Gasteiger partial charge in [0.2, 0.25) is 0 Å². The molecule has 0 bridgehead atoms. The summed E-state index contributed by atoms with van der Waals surface area (Å²) in [4.78, 5) is 0. The molecule has 0 fully saturated rings. The summed E-state index contributed by atoms with van der Waals surface area (Å²) in [6.07, 6.45) is 3.87. The summed E-state index contributed by atoms with van der Waals surface area (Å²) in [6.45, 7) is 4.91. The first kappa shape index (κ1) is 15.0. The third-order valence-corrected chi connectivity index (χ3v) is 3.76. The minimum atomic E-state index is -0.369. The van der Waals surface area contributed by atoms with E-state index in [1.54, 1.807) is 6.07 Å². The quantitative estimate of drug-likeness (QED) is 0.796. The van der Waals surface area contributed by atoms with Gasteiger partial charge in [0.15, 0.2) is 0 Å². The molecule has 1 aromatic heterocycles. The van der Waals surface area contributed by atoms with Crippen molar-refractivity contribution in [3.63, 3.8) is 0 Å². The Morgan fingerprint density at radius 3 is 2.90 bits per heavy atom. The van der Waals surface area contributed by atoms with Gasteiger partial charge in [0.25, 0.3) is 0 Å². The molecule has 2 aromatic rings. The lowest BCUT2D eigenvalue weighted by molar-refractivity contribution is 0.551. The van der Waals surface area contributed by atoms with Crippen molar-refractivity contribution >= 4 is 11.6 Å². The Balaban J connectivity index is 1.79. The Morgan fingerprint density at radius 2 is 2.25 bits per heavy atom. The summed E-state index contributed by atoms with van der Waals surface area (Å²) in [6, 6.07) is 5.04. The highest BCUT2D eigenvalue weighted by molar-refractivity contribution is 6.30. The molecule has 1 atom stereocenters. The molecule has 0 radical (unpaired) electrons. The minimum Gasteiger partial charge on any atom is -0.310 e.